The Morgan fingerprint density at radius 2 is 1.81 bits per heavy atom. The Balaban J connectivity index is 1.42. The molecule has 0 fully saturated rings. The number of hydrogen-bond donors (Lipinski definition) is 3. The molecule has 3 N–H and O–H groups in total. The molecule has 0 bridgehead atoms. The van der Waals surface area contributed by atoms with Gasteiger partial charge in [-0.05, 0) is 42.8 Å². The molecule has 0 aliphatic rings. The summed E-state index contributed by atoms with van der Waals surface area (Å²) < 4.78 is 33.3. The first-order chi connectivity index (χ1) is 17.9. The van der Waals surface area contributed by atoms with Gasteiger partial charge in [0.15, 0.2) is 5.78 Å². The molecule has 0 aliphatic heterocycles. The molecule has 0 saturated carbocycles. The summed E-state index contributed by atoms with van der Waals surface area (Å²) in [7, 11) is 1.51. The number of methoxy groups -OCH3 is 1. The lowest BCUT2D eigenvalue weighted by atomic mass is 10.0. The molecule has 0 aliphatic carbocycles. The smallest absolute Gasteiger partial charge is 0.226 e. The predicted molar refractivity (Wildman–Crippen MR) is 134 cm³/mol. The number of nitrogens with zero attached hydrogens (tertiary/aromatic N) is 4. The van der Waals surface area contributed by atoms with Crippen molar-refractivity contribution < 1.29 is 18.3 Å². The second-order valence-electron chi connectivity index (χ2n) is 8.14. The van der Waals surface area contributed by atoms with Crippen LogP contribution in [0.25, 0.3) is 11.0 Å². The number of ketones is 1. The van der Waals surface area contributed by atoms with Crippen LogP contribution in [0.1, 0.15) is 34.5 Å². The second-order valence-corrected chi connectivity index (χ2v) is 8.14. The fourth-order valence-electron chi connectivity index (χ4n) is 3.83. The molecule has 4 heterocycles. The number of pyridine rings is 2. The lowest BCUT2D eigenvalue weighted by Gasteiger charge is -2.16. The van der Waals surface area contributed by atoms with Crippen LogP contribution in [-0.4, -0.2) is 37.8 Å². The quantitative estimate of drug-likeness (QED) is 0.197. The largest absolute Gasteiger partial charge is 0.481 e. The van der Waals surface area contributed by atoms with Crippen LogP contribution in [0.3, 0.4) is 0 Å². The van der Waals surface area contributed by atoms with E-state index in [1.807, 2.05) is 6.92 Å². The van der Waals surface area contributed by atoms with Crippen molar-refractivity contribution >= 4 is 34.1 Å². The highest BCUT2D eigenvalue weighted by Gasteiger charge is 2.23. The number of carbonyl (C=O) groups is 1. The summed E-state index contributed by atoms with van der Waals surface area (Å²) in [5.41, 5.74) is 1.78. The Morgan fingerprint density at radius 1 is 1.00 bits per heavy atom. The van der Waals surface area contributed by atoms with E-state index in [9.17, 15) is 13.6 Å². The summed E-state index contributed by atoms with van der Waals surface area (Å²) in [6.07, 6.45) is 4.33. The van der Waals surface area contributed by atoms with Crippen molar-refractivity contribution in [3.05, 3.63) is 95.7 Å². The van der Waals surface area contributed by atoms with Crippen LogP contribution in [0.2, 0.25) is 0 Å². The highest BCUT2D eigenvalue weighted by molar-refractivity contribution is 6.18. The molecule has 1 atom stereocenters. The van der Waals surface area contributed by atoms with E-state index in [0.717, 1.165) is 5.56 Å². The summed E-state index contributed by atoms with van der Waals surface area (Å²) in [4.78, 5) is 32.7. The Hall–Kier alpha value is -4.93. The van der Waals surface area contributed by atoms with Gasteiger partial charge in [-0.15, -0.1) is 0 Å². The Bertz CT molecular complexity index is 1570. The van der Waals surface area contributed by atoms with E-state index in [2.05, 4.69) is 35.6 Å². The second kappa shape index (κ2) is 9.97. The van der Waals surface area contributed by atoms with Gasteiger partial charge in [0.1, 0.15) is 29.4 Å². The third kappa shape index (κ3) is 4.92. The normalized spacial score (nSPS) is 11.8. The fraction of sp³-hybridized carbons (Fsp3) is 0.115. The maximum absolute atomic E-state index is 15.0. The molecule has 186 valence electrons. The number of H-pyrrole nitrogens is 1. The maximum Gasteiger partial charge on any atom is 0.226 e. The zero-order valence-corrected chi connectivity index (χ0v) is 19.8. The van der Waals surface area contributed by atoms with E-state index in [-0.39, 0.29) is 28.8 Å². The summed E-state index contributed by atoms with van der Waals surface area (Å²) in [6, 6.07) is 12.0. The molecule has 9 nitrogen and oxygen atoms in total. The number of nitrogens with one attached hydrogen (secondary N) is 3. The van der Waals surface area contributed by atoms with Crippen molar-refractivity contribution in [2.24, 2.45) is 0 Å². The number of hydrogen-bond acceptors (Lipinski definition) is 8. The number of fused-ring (bicyclic) bond motifs is 1. The molecule has 0 radical (unpaired) electrons. The SMILES string of the molecule is COc1ccc(Nc2ccc(C(=O)c3c[nH]c4ncnc(N[C@H](C)c5ccc(F)cc5)c34)c(F)n2)cn1. The molecule has 1 aromatic carbocycles. The molecule has 4 aromatic heterocycles. The van der Waals surface area contributed by atoms with Gasteiger partial charge in [-0.2, -0.15) is 4.39 Å². The number of aromatic amines is 1. The summed E-state index contributed by atoms with van der Waals surface area (Å²) in [5, 5.41) is 6.58. The predicted octanol–water partition coefficient (Wildman–Crippen LogP) is 5.18. The lowest BCUT2D eigenvalue weighted by molar-refractivity contribution is 0.103. The lowest BCUT2D eigenvalue weighted by Crippen LogP contribution is -2.11. The van der Waals surface area contributed by atoms with Crippen LogP contribution < -0.4 is 15.4 Å². The van der Waals surface area contributed by atoms with Crippen LogP contribution in [0, 0.1) is 11.8 Å². The average Bonchev–Trinajstić information content (AvgIpc) is 3.34. The van der Waals surface area contributed by atoms with Gasteiger partial charge in [0.05, 0.1) is 35.5 Å². The molecule has 0 unspecified atom stereocenters. The van der Waals surface area contributed by atoms with Crippen molar-refractivity contribution in [2.75, 3.05) is 17.7 Å². The number of benzene rings is 1. The average molecular weight is 501 g/mol. The fourth-order valence-corrected chi connectivity index (χ4v) is 3.83. The number of rotatable bonds is 8. The maximum atomic E-state index is 15.0. The molecule has 5 aromatic rings. The Labute approximate surface area is 210 Å². The number of halogens is 2. The zero-order valence-electron chi connectivity index (χ0n) is 19.8. The number of ether oxygens (including phenoxy) is 1. The van der Waals surface area contributed by atoms with Gasteiger partial charge in [0, 0.05) is 18.3 Å². The minimum absolute atomic E-state index is 0.185. The van der Waals surface area contributed by atoms with E-state index < -0.39 is 11.7 Å². The first-order valence-electron chi connectivity index (χ1n) is 11.3. The van der Waals surface area contributed by atoms with Gasteiger partial charge in [0.2, 0.25) is 11.8 Å². The Morgan fingerprint density at radius 3 is 2.51 bits per heavy atom. The van der Waals surface area contributed by atoms with Gasteiger partial charge >= 0.3 is 0 Å². The number of carbonyl (C=O) groups excluding carboxylic acids is 1. The topological polar surface area (TPSA) is 118 Å². The van der Waals surface area contributed by atoms with Crippen LogP contribution in [-0.2, 0) is 0 Å². The minimum Gasteiger partial charge on any atom is -0.481 e. The third-order valence-corrected chi connectivity index (χ3v) is 5.75. The van der Waals surface area contributed by atoms with Crippen molar-refractivity contribution in [3.63, 3.8) is 0 Å². The minimum atomic E-state index is -0.933. The molecule has 37 heavy (non-hydrogen) atoms. The highest BCUT2D eigenvalue weighted by atomic mass is 19.1. The molecular weight excluding hydrogens is 480 g/mol. The van der Waals surface area contributed by atoms with Gasteiger partial charge in [0.25, 0.3) is 0 Å². The van der Waals surface area contributed by atoms with Crippen molar-refractivity contribution in [1.29, 1.82) is 0 Å². The van der Waals surface area contributed by atoms with E-state index in [1.54, 1.807) is 24.3 Å². The van der Waals surface area contributed by atoms with E-state index in [1.165, 1.54) is 50.1 Å². The molecule has 5 rings (SSSR count). The standard InChI is InChI=1S/C26H21F2N7O2/c1-14(15-3-5-16(27)6-4-15)33-26-22-19(12-30-25(22)31-13-32-26)23(36)18-8-9-20(35-24(18)28)34-17-7-10-21(37-2)29-11-17/h3-14H,1-2H3,(H,34,35)(H2,30,31,32,33)/t14-/m1/s1. The van der Waals surface area contributed by atoms with Crippen LogP contribution >= 0.6 is 0 Å². The van der Waals surface area contributed by atoms with Gasteiger partial charge in [-0.3, -0.25) is 4.79 Å². The van der Waals surface area contributed by atoms with E-state index in [0.29, 0.717) is 28.4 Å². The van der Waals surface area contributed by atoms with Crippen LogP contribution in [0.5, 0.6) is 5.88 Å². The first kappa shape index (κ1) is 23.8. The van der Waals surface area contributed by atoms with Crippen LogP contribution in [0.4, 0.5) is 26.1 Å². The van der Waals surface area contributed by atoms with Crippen molar-refractivity contribution in [1.82, 2.24) is 24.9 Å². The van der Waals surface area contributed by atoms with E-state index >= 15 is 0 Å². The van der Waals surface area contributed by atoms with Crippen molar-refractivity contribution in [2.45, 2.75) is 13.0 Å². The molecule has 0 spiro atoms. The van der Waals surface area contributed by atoms with Gasteiger partial charge < -0.3 is 20.4 Å². The first-order valence-corrected chi connectivity index (χ1v) is 11.3. The molecular formula is C26H21F2N7O2. The highest BCUT2D eigenvalue weighted by Crippen LogP contribution is 2.29. The zero-order chi connectivity index (χ0) is 25.9. The monoisotopic (exact) mass is 501 g/mol. The Kier molecular flexibility index (Phi) is 6.42. The summed E-state index contributed by atoms with van der Waals surface area (Å²) in [6.45, 7) is 1.88. The van der Waals surface area contributed by atoms with E-state index in [4.69, 9.17) is 4.74 Å². The van der Waals surface area contributed by atoms with Crippen LogP contribution in [0.15, 0.2) is 67.3 Å². The van der Waals surface area contributed by atoms with Gasteiger partial charge in [-0.25, -0.2) is 24.3 Å². The molecule has 0 amide bonds. The number of anilines is 3. The summed E-state index contributed by atoms with van der Waals surface area (Å²) >= 11 is 0. The number of aromatic nitrogens is 5. The summed E-state index contributed by atoms with van der Waals surface area (Å²) in [5.74, 6) is -0.826. The van der Waals surface area contributed by atoms with Crippen molar-refractivity contribution in [3.8, 4) is 5.88 Å². The third-order valence-electron chi connectivity index (χ3n) is 5.75. The van der Waals surface area contributed by atoms with Gasteiger partial charge in [-0.1, -0.05) is 12.1 Å². The molecule has 11 heteroatoms. The molecule has 0 saturated heterocycles.